The molecular formula is C20H23ClF2N6O2. The maximum absolute atomic E-state index is 14.0. The first-order valence-electron chi connectivity index (χ1n) is 9.58. The number of pyridine rings is 1. The minimum atomic E-state index is -1.66. The number of halogens is 3. The van der Waals surface area contributed by atoms with Crippen molar-refractivity contribution in [1.29, 1.82) is 0 Å². The normalized spacial score (nSPS) is 13.8. The summed E-state index contributed by atoms with van der Waals surface area (Å²) in [6, 6.07) is 1.58. The highest BCUT2D eigenvalue weighted by molar-refractivity contribution is 6.30. The van der Waals surface area contributed by atoms with Crippen molar-refractivity contribution in [3.05, 3.63) is 41.4 Å². The van der Waals surface area contributed by atoms with Crippen LogP contribution < -0.4 is 10.6 Å². The van der Waals surface area contributed by atoms with Gasteiger partial charge in [-0.05, 0) is 26.8 Å². The van der Waals surface area contributed by atoms with Crippen LogP contribution in [-0.4, -0.2) is 61.6 Å². The number of rotatable bonds is 8. The number of carbonyl (C=O) groups excluding carboxylic acids is 1. The Labute approximate surface area is 182 Å². The summed E-state index contributed by atoms with van der Waals surface area (Å²) in [5.74, 6) is -0.607. The van der Waals surface area contributed by atoms with Crippen molar-refractivity contribution in [1.82, 2.24) is 24.9 Å². The van der Waals surface area contributed by atoms with Crippen LogP contribution in [-0.2, 0) is 0 Å². The van der Waals surface area contributed by atoms with E-state index < -0.39 is 23.9 Å². The summed E-state index contributed by atoms with van der Waals surface area (Å²) in [6.07, 6.45) is 3.10. The van der Waals surface area contributed by atoms with Gasteiger partial charge in [0, 0.05) is 18.9 Å². The van der Waals surface area contributed by atoms with E-state index in [9.17, 15) is 18.7 Å². The number of fused-ring (bicyclic) bond motifs is 1. The Morgan fingerprint density at radius 3 is 2.68 bits per heavy atom. The topological polar surface area (TPSA) is 104 Å². The van der Waals surface area contributed by atoms with Crippen LogP contribution in [0.15, 0.2) is 30.9 Å². The van der Waals surface area contributed by atoms with Crippen LogP contribution in [0.4, 0.5) is 14.5 Å². The monoisotopic (exact) mass is 452 g/mol. The first-order valence-corrected chi connectivity index (χ1v) is 9.96. The molecule has 3 heterocycles. The Bertz CT molecular complexity index is 1080. The third-order valence-corrected chi connectivity index (χ3v) is 4.73. The molecule has 0 saturated carbocycles. The summed E-state index contributed by atoms with van der Waals surface area (Å²) < 4.78 is 28.9. The van der Waals surface area contributed by atoms with Crippen LogP contribution >= 0.6 is 11.6 Å². The van der Waals surface area contributed by atoms with Crippen molar-refractivity contribution < 1.29 is 18.7 Å². The highest BCUT2D eigenvalue weighted by Gasteiger charge is 2.27. The van der Waals surface area contributed by atoms with Crippen molar-refractivity contribution in [2.24, 2.45) is 0 Å². The number of aliphatic hydroxyl groups is 1. The van der Waals surface area contributed by atoms with E-state index in [1.807, 2.05) is 0 Å². The number of nitrogens with zero attached hydrogens (tertiary/aromatic N) is 4. The maximum atomic E-state index is 14.0. The molecule has 0 bridgehead atoms. The molecule has 0 aliphatic heterocycles. The SMILES string of the molecule is CC(F)CNc1cc(-c2cnn3cc(Cl)cnc23)ncc1C(=O)NCC(F)C(C)(C)O. The van der Waals surface area contributed by atoms with Gasteiger partial charge in [-0.15, -0.1) is 0 Å². The number of alkyl halides is 2. The summed E-state index contributed by atoms with van der Waals surface area (Å²) >= 11 is 5.93. The average Bonchev–Trinajstić information content (AvgIpc) is 3.12. The quantitative estimate of drug-likeness (QED) is 0.485. The number of hydrogen-bond donors (Lipinski definition) is 3. The number of amides is 1. The minimum absolute atomic E-state index is 0.0399. The fraction of sp³-hybridized carbons (Fsp3) is 0.400. The summed E-state index contributed by atoms with van der Waals surface area (Å²) in [7, 11) is 0. The zero-order valence-corrected chi connectivity index (χ0v) is 18.0. The van der Waals surface area contributed by atoms with E-state index in [4.69, 9.17) is 11.6 Å². The second kappa shape index (κ2) is 9.11. The highest BCUT2D eigenvalue weighted by atomic mass is 35.5. The second-order valence-corrected chi connectivity index (χ2v) is 8.14. The summed E-state index contributed by atoms with van der Waals surface area (Å²) in [5, 5.41) is 19.6. The molecule has 0 aromatic carbocycles. The van der Waals surface area contributed by atoms with Gasteiger partial charge < -0.3 is 15.7 Å². The van der Waals surface area contributed by atoms with E-state index >= 15 is 0 Å². The lowest BCUT2D eigenvalue weighted by Crippen LogP contribution is -2.42. The molecule has 3 aromatic heterocycles. The molecule has 0 saturated heterocycles. The van der Waals surface area contributed by atoms with Crippen molar-refractivity contribution in [3.63, 3.8) is 0 Å². The predicted molar refractivity (Wildman–Crippen MR) is 114 cm³/mol. The summed E-state index contributed by atoms with van der Waals surface area (Å²) in [4.78, 5) is 21.2. The number of anilines is 1. The maximum Gasteiger partial charge on any atom is 0.255 e. The molecule has 166 valence electrons. The second-order valence-electron chi connectivity index (χ2n) is 7.71. The van der Waals surface area contributed by atoms with Crippen molar-refractivity contribution in [2.75, 3.05) is 18.4 Å². The largest absolute Gasteiger partial charge is 0.387 e. The van der Waals surface area contributed by atoms with Crippen LogP contribution in [0.2, 0.25) is 5.02 Å². The van der Waals surface area contributed by atoms with E-state index in [-0.39, 0.29) is 18.7 Å². The van der Waals surface area contributed by atoms with Crippen LogP contribution in [0.25, 0.3) is 16.9 Å². The van der Waals surface area contributed by atoms with Crippen molar-refractivity contribution in [2.45, 2.75) is 38.7 Å². The minimum Gasteiger partial charge on any atom is -0.387 e. The molecule has 0 aliphatic rings. The molecule has 8 nitrogen and oxygen atoms in total. The molecular weight excluding hydrogens is 430 g/mol. The van der Waals surface area contributed by atoms with Crippen LogP contribution in [0.3, 0.4) is 0 Å². The number of aromatic nitrogens is 4. The lowest BCUT2D eigenvalue weighted by atomic mass is 10.0. The molecule has 31 heavy (non-hydrogen) atoms. The molecule has 2 unspecified atom stereocenters. The van der Waals surface area contributed by atoms with Crippen LogP contribution in [0.5, 0.6) is 0 Å². The zero-order valence-electron chi connectivity index (χ0n) is 17.2. The van der Waals surface area contributed by atoms with E-state index in [2.05, 4.69) is 25.7 Å². The van der Waals surface area contributed by atoms with Gasteiger partial charge in [-0.2, -0.15) is 5.10 Å². The average molecular weight is 453 g/mol. The van der Waals surface area contributed by atoms with Gasteiger partial charge in [0.2, 0.25) is 0 Å². The molecule has 3 N–H and O–H groups in total. The molecule has 3 aromatic rings. The van der Waals surface area contributed by atoms with Gasteiger partial charge in [0.1, 0.15) is 12.3 Å². The molecule has 2 atom stereocenters. The van der Waals surface area contributed by atoms with Gasteiger partial charge in [0.25, 0.3) is 5.91 Å². The third kappa shape index (κ3) is 5.45. The summed E-state index contributed by atoms with van der Waals surface area (Å²) in [6.45, 7) is 3.58. The summed E-state index contributed by atoms with van der Waals surface area (Å²) in [5.41, 5.74) is 0.378. The number of carbonyl (C=O) groups is 1. The predicted octanol–water partition coefficient (Wildman–Crippen LogP) is 3.05. The molecule has 11 heteroatoms. The van der Waals surface area contributed by atoms with Gasteiger partial charge in [-0.1, -0.05) is 11.6 Å². The van der Waals surface area contributed by atoms with Crippen LogP contribution in [0.1, 0.15) is 31.1 Å². The van der Waals surface area contributed by atoms with Gasteiger partial charge in [0.15, 0.2) is 5.65 Å². The van der Waals surface area contributed by atoms with E-state index in [0.717, 1.165) is 0 Å². The number of nitrogens with one attached hydrogen (secondary N) is 2. The fourth-order valence-corrected chi connectivity index (χ4v) is 2.88. The van der Waals surface area contributed by atoms with E-state index in [1.54, 1.807) is 18.5 Å². The van der Waals surface area contributed by atoms with E-state index in [0.29, 0.717) is 27.6 Å². The smallest absolute Gasteiger partial charge is 0.255 e. The van der Waals surface area contributed by atoms with Gasteiger partial charge >= 0.3 is 0 Å². The Morgan fingerprint density at radius 1 is 1.26 bits per heavy atom. The molecule has 3 rings (SSSR count). The molecule has 0 spiro atoms. The highest BCUT2D eigenvalue weighted by Crippen LogP contribution is 2.27. The molecule has 1 amide bonds. The van der Waals surface area contributed by atoms with Gasteiger partial charge in [0.05, 0.1) is 52.1 Å². The van der Waals surface area contributed by atoms with Crippen molar-refractivity contribution >= 4 is 28.8 Å². The number of hydrogen-bond acceptors (Lipinski definition) is 6. The van der Waals surface area contributed by atoms with Gasteiger partial charge in [-0.25, -0.2) is 18.3 Å². The lowest BCUT2D eigenvalue weighted by Gasteiger charge is -2.22. The van der Waals surface area contributed by atoms with Crippen molar-refractivity contribution in [3.8, 4) is 11.3 Å². The Morgan fingerprint density at radius 2 is 2.00 bits per heavy atom. The molecule has 0 fully saturated rings. The van der Waals surface area contributed by atoms with Gasteiger partial charge in [-0.3, -0.25) is 9.78 Å². The Balaban J connectivity index is 1.92. The fourth-order valence-electron chi connectivity index (χ4n) is 2.74. The lowest BCUT2D eigenvalue weighted by molar-refractivity contribution is -0.00177. The molecule has 0 aliphatic carbocycles. The standard InChI is InChI=1S/C20H23ClF2N6O2/c1-11(22)5-24-16-4-15(13-8-28-29-10-12(21)6-26-18(13)29)25-7-14(16)19(30)27-9-17(23)20(2,3)31/h4,6-8,10-11,17,31H,5,9H2,1-3H3,(H,24,25)(H,27,30). The first-order chi connectivity index (χ1) is 14.6. The Kier molecular flexibility index (Phi) is 6.71. The third-order valence-electron chi connectivity index (χ3n) is 4.53. The first kappa shape index (κ1) is 22.8. The van der Waals surface area contributed by atoms with E-state index in [1.165, 1.54) is 37.7 Å². The zero-order chi connectivity index (χ0) is 22.8. The van der Waals surface area contributed by atoms with Crippen LogP contribution in [0, 0.1) is 0 Å². The Hall–Kier alpha value is -2.85. The molecule has 0 radical (unpaired) electrons.